The molecule has 19 heavy (non-hydrogen) atoms. The molecule has 4 N–H and O–H groups in total. The maximum atomic E-state index is 11.6. The maximum absolute atomic E-state index is 11.6. The quantitative estimate of drug-likeness (QED) is 0.580. The van der Waals surface area contributed by atoms with Crippen molar-refractivity contribution in [2.45, 2.75) is 24.5 Å². The van der Waals surface area contributed by atoms with Crippen LogP contribution in [-0.4, -0.2) is 44.7 Å². The number of nitrogens with zero attached hydrogens (tertiary/aromatic N) is 2. The summed E-state index contributed by atoms with van der Waals surface area (Å²) in [5.74, 6) is 0.0410. The molecule has 1 saturated heterocycles. The summed E-state index contributed by atoms with van der Waals surface area (Å²) in [4.78, 5) is 15.1. The standard InChI is InChI=1S/C9H12N3O6P/c10-5-1-2-12(9(15)11-5)8-7(14)6(13)4(18-8)3-17-19-16/h1-2,4,6-8,13-14H,3H2,(H2,10,11,15)/t4-,6-,7-,8-/m1/s1. The van der Waals surface area contributed by atoms with E-state index in [4.69, 9.17) is 10.5 Å². The first-order chi connectivity index (χ1) is 9.04. The Balaban J connectivity index is 2.21. The van der Waals surface area contributed by atoms with Gasteiger partial charge in [0.2, 0.25) is 0 Å². The Labute approximate surface area is 108 Å². The first kappa shape index (κ1) is 14.0. The van der Waals surface area contributed by atoms with E-state index in [9.17, 15) is 19.6 Å². The molecule has 1 aliphatic heterocycles. The third-order valence-electron chi connectivity index (χ3n) is 2.75. The van der Waals surface area contributed by atoms with Crippen molar-refractivity contribution in [1.29, 1.82) is 0 Å². The van der Waals surface area contributed by atoms with Gasteiger partial charge in [-0.1, -0.05) is 0 Å². The molecule has 0 amide bonds. The molecule has 1 fully saturated rings. The number of aromatic nitrogens is 2. The Morgan fingerprint density at radius 1 is 1.53 bits per heavy atom. The second kappa shape index (κ2) is 5.72. The smallest absolute Gasteiger partial charge is 0.351 e. The van der Waals surface area contributed by atoms with Crippen molar-refractivity contribution < 1.29 is 24.0 Å². The summed E-state index contributed by atoms with van der Waals surface area (Å²) in [5, 5.41) is 19.6. The summed E-state index contributed by atoms with van der Waals surface area (Å²) in [5.41, 5.74) is 4.64. The van der Waals surface area contributed by atoms with Gasteiger partial charge in [0.1, 0.15) is 24.1 Å². The van der Waals surface area contributed by atoms with Gasteiger partial charge in [-0.3, -0.25) is 9.09 Å². The first-order valence-electron chi connectivity index (χ1n) is 5.35. The monoisotopic (exact) mass is 289 g/mol. The normalized spacial score (nSPS) is 30.8. The van der Waals surface area contributed by atoms with Gasteiger partial charge < -0.3 is 20.7 Å². The van der Waals surface area contributed by atoms with Crippen molar-refractivity contribution in [3.63, 3.8) is 0 Å². The van der Waals surface area contributed by atoms with E-state index >= 15 is 0 Å². The first-order valence-corrected chi connectivity index (χ1v) is 6.08. The highest BCUT2D eigenvalue weighted by Crippen LogP contribution is 2.29. The summed E-state index contributed by atoms with van der Waals surface area (Å²) in [7, 11) is -0.563. The van der Waals surface area contributed by atoms with Crippen LogP contribution in [0.4, 0.5) is 5.82 Å². The number of rotatable bonds is 4. The van der Waals surface area contributed by atoms with E-state index in [1.165, 1.54) is 12.3 Å². The van der Waals surface area contributed by atoms with Gasteiger partial charge >= 0.3 is 14.4 Å². The van der Waals surface area contributed by atoms with Gasteiger partial charge in [0.15, 0.2) is 6.23 Å². The second-order valence-electron chi connectivity index (χ2n) is 3.96. The summed E-state index contributed by atoms with van der Waals surface area (Å²) in [6, 6.07) is 1.37. The van der Waals surface area contributed by atoms with Crippen LogP contribution in [-0.2, 0) is 13.8 Å². The zero-order valence-corrected chi connectivity index (χ0v) is 10.5. The summed E-state index contributed by atoms with van der Waals surface area (Å²) >= 11 is 0. The molecule has 2 heterocycles. The summed E-state index contributed by atoms with van der Waals surface area (Å²) in [6.45, 7) is -0.184. The lowest BCUT2D eigenvalue weighted by atomic mass is 10.1. The van der Waals surface area contributed by atoms with Crippen LogP contribution in [0.5, 0.6) is 0 Å². The van der Waals surface area contributed by atoms with Crippen molar-refractivity contribution >= 4 is 14.5 Å². The lowest BCUT2D eigenvalue weighted by molar-refractivity contribution is -0.0503. The fourth-order valence-corrected chi connectivity index (χ4v) is 2.03. The van der Waals surface area contributed by atoms with E-state index in [0.717, 1.165) is 4.57 Å². The number of ether oxygens (including phenoxy) is 1. The fraction of sp³-hybridized carbons (Fsp3) is 0.556. The molecule has 0 saturated carbocycles. The highest BCUT2D eigenvalue weighted by molar-refractivity contribution is 7.17. The lowest BCUT2D eigenvalue weighted by Gasteiger charge is -2.16. The van der Waals surface area contributed by atoms with Crippen LogP contribution >= 0.6 is 8.69 Å². The van der Waals surface area contributed by atoms with Crippen molar-refractivity contribution in [1.82, 2.24) is 9.55 Å². The Hall–Kier alpha value is -1.38. The molecule has 0 spiro atoms. The highest BCUT2D eigenvalue weighted by Gasteiger charge is 2.44. The van der Waals surface area contributed by atoms with E-state index in [2.05, 4.69) is 9.51 Å². The minimum absolute atomic E-state index is 0.0410. The van der Waals surface area contributed by atoms with Crippen LogP contribution in [0, 0.1) is 0 Å². The molecule has 0 aromatic carbocycles. The van der Waals surface area contributed by atoms with Crippen LogP contribution in [0.1, 0.15) is 6.23 Å². The number of aliphatic hydroxyl groups is 2. The molecular formula is C9H12N3O6P. The van der Waals surface area contributed by atoms with Gasteiger partial charge in [0, 0.05) is 6.20 Å². The van der Waals surface area contributed by atoms with Crippen molar-refractivity contribution in [3.05, 3.63) is 22.7 Å². The van der Waals surface area contributed by atoms with Crippen LogP contribution in [0.25, 0.3) is 0 Å². The average Bonchev–Trinajstić information content (AvgIpc) is 2.64. The molecule has 0 unspecified atom stereocenters. The van der Waals surface area contributed by atoms with Gasteiger partial charge in [-0.15, -0.1) is 0 Å². The van der Waals surface area contributed by atoms with Crippen LogP contribution in [0.2, 0.25) is 0 Å². The Kier molecular flexibility index (Phi) is 4.23. The molecule has 104 valence electrons. The third-order valence-corrected chi connectivity index (χ3v) is 3.01. The second-order valence-corrected chi connectivity index (χ2v) is 4.37. The maximum Gasteiger partial charge on any atom is 0.351 e. The summed E-state index contributed by atoms with van der Waals surface area (Å²) < 4.78 is 21.1. The molecule has 0 bridgehead atoms. The number of anilines is 1. The van der Waals surface area contributed by atoms with Crippen LogP contribution in [0.3, 0.4) is 0 Å². The van der Waals surface area contributed by atoms with E-state index in [1.54, 1.807) is 0 Å². The average molecular weight is 289 g/mol. The molecule has 10 heteroatoms. The molecule has 1 aromatic heterocycles. The van der Waals surface area contributed by atoms with Gasteiger partial charge in [-0.2, -0.15) is 4.98 Å². The molecule has 0 radical (unpaired) electrons. The summed E-state index contributed by atoms with van der Waals surface area (Å²) in [6.07, 6.45) is -3.30. The lowest BCUT2D eigenvalue weighted by Crippen LogP contribution is -2.36. The Morgan fingerprint density at radius 3 is 2.89 bits per heavy atom. The third kappa shape index (κ3) is 2.80. The van der Waals surface area contributed by atoms with Crippen molar-refractivity contribution in [2.75, 3.05) is 12.3 Å². The van der Waals surface area contributed by atoms with Crippen LogP contribution in [0.15, 0.2) is 17.1 Å². The highest BCUT2D eigenvalue weighted by atomic mass is 31.1. The van der Waals surface area contributed by atoms with E-state index in [0.29, 0.717) is 0 Å². The minimum Gasteiger partial charge on any atom is -0.387 e. The van der Waals surface area contributed by atoms with Crippen molar-refractivity contribution in [2.24, 2.45) is 0 Å². The number of nitrogen functional groups attached to an aromatic ring is 1. The molecular weight excluding hydrogens is 277 g/mol. The number of hydrogen-bond donors (Lipinski definition) is 3. The van der Waals surface area contributed by atoms with Crippen molar-refractivity contribution in [3.8, 4) is 0 Å². The molecule has 2 rings (SSSR count). The number of nitrogens with two attached hydrogens (primary N) is 1. The Bertz CT molecular complexity index is 523. The van der Waals surface area contributed by atoms with E-state index < -0.39 is 38.9 Å². The SMILES string of the molecule is Nc1ccn([C@@H]2O[C@H](COP=O)[C@@H](O)[C@H]2O)c(=O)n1. The van der Waals surface area contributed by atoms with Gasteiger partial charge in [-0.25, -0.2) is 9.36 Å². The van der Waals surface area contributed by atoms with Gasteiger partial charge in [0.05, 0.1) is 6.61 Å². The van der Waals surface area contributed by atoms with Gasteiger partial charge in [0.25, 0.3) is 0 Å². The van der Waals surface area contributed by atoms with Gasteiger partial charge in [-0.05, 0) is 6.07 Å². The molecule has 4 atom stereocenters. The number of hydrogen-bond acceptors (Lipinski definition) is 8. The Morgan fingerprint density at radius 2 is 2.26 bits per heavy atom. The van der Waals surface area contributed by atoms with Crippen LogP contribution < -0.4 is 11.4 Å². The predicted octanol–water partition coefficient (Wildman–Crippen LogP) is -1.33. The number of aliphatic hydroxyl groups excluding tert-OH is 2. The largest absolute Gasteiger partial charge is 0.387 e. The van der Waals surface area contributed by atoms with E-state index in [1.807, 2.05) is 0 Å². The topological polar surface area (TPSA) is 137 Å². The molecule has 1 aliphatic rings. The molecule has 0 aliphatic carbocycles. The predicted molar refractivity (Wildman–Crippen MR) is 62.4 cm³/mol. The molecule has 1 aromatic rings. The zero-order chi connectivity index (χ0) is 14.0. The minimum atomic E-state index is -1.33. The zero-order valence-electron chi connectivity index (χ0n) is 9.62. The molecule has 9 nitrogen and oxygen atoms in total. The van der Waals surface area contributed by atoms with E-state index in [-0.39, 0.29) is 12.4 Å². The fourth-order valence-electron chi connectivity index (χ4n) is 1.82.